The highest BCUT2D eigenvalue weighted by atomic mass is 32.1. The molecule has 1 rings (SSSR count). The first kappa shape index (κ1) is 11.7. The summed E-state index contributed by atoms with van der Waals surface area (Å²) >= 11 is 1.74. The predicted octanol–water partition coefficient (Wildman–Crippen LogP) is 1.99. The monoisotopic (exact) mass is 214 g/mol. The number of ether oxygens (including phenoxy) is 1. The van der Waals surface area contributed by atoms with Crippen LogP contribution in [-0.4, -0.2) is 13.2 Å². The molecule has 1 unspecified atom stereocenters. The third-order valence-corrected chi connectivity index (χ3v) is 2.97. The number of aryl methyl sites for hydroxylation is 1. The van der Waals surface area contributed by atoms with Gasteiger partial charge in [-0.1, -0.05) is 6.92 Å². The molecule has 0 fully saturated rings. The van der Waals surface area contributed by atoms with Crippen LogP contribution in [0.2, 0.25) is 0 Å². The van der Waals surface area contributed by atoms with Gasteiger partial charge in [0.25, 0.3) is 0 Å². The molecule has 0 radical (unpaired) electrons. The molecular weight excluding hydrogens is 196 g/mol. The molecule has 0 aliphatic carbocycles. The average Bonchev–Trinajstić information content (AvgIpc) is 2.60. The molecule has 3 nitrogen and oxygen atoms in total. The molecule has 0 saturated carbocycles. The molecule has 0 saturated heterocycles. The topological polar surface area (TPSA) is 47.3 Å². The van der Waals surface area contributed by atoms with Crippen molar-refractivity contribution >= 4 is 11.3 Å². The lowest BCUT2D eigenvalue weighted by Crippen LogP contribution is -2.31. The molecule has 0 aliphatic heterocycles. The summed E-state index contributed by atoms with van der Waals surface area (Å²) in [6.07, 6.45) is 1.04. The van der Waals surface area contributed by atoms with Gasteiger partial charge in [-0.3, -0.25) is 11.3 Å². The van der Waals surface area contributed by atoms with Crippen LogP contribution in [0, 0.1) is 6.92 Å². The fraction of sp³-hybridized carbons (Fsp3) is 0.600. The molecule has 3 N–H and O–H groups in total. The van der Waals surface area contributed by atoms with E-state index in [-0.39, 0.29) is 6.04 Å². The van der Waals surface area contributed by atoms with Crippen LogP contribution in [0.5, 0.6) is 0 Å². The van der Waals surface area contributed by atoms with Crippen LogP contribution in [0.1, 0.15) is 29.8 Å². The normalized spacial score (nSPS) is 13.1. The number of rotatable bonds is 6. The average molecular weight is 214 g/mol. The fourth-order valence-corrected chi connectivity index (χ4v) is 2.09. The van der Waals surface area contributed by atoms with Crippen molar-refractivity contribution in [2.24, 2.45) is 5.84 Å². The van der Waals surface area contributed by atoms with E-state index in [1.165, 1.54) is 10.4 Å². The van der Waals surface area contributed by atoms with Crippen molar-refractivity contribution in [1.82, 2.24) is 5.43 Å². The summed E-state index contributed by atoms with van der Waals surface area (Å²) in [5.41, 5.74) is 4.03. The lowest BCUT2D eigenvalue weighted by atomic mass is 10.1. The lowest BCUT2D eigenvalue weighted by molar-refractivity contribution is 0.112. The van der Waals surface area contributed by atoms with Crippen molar-refractivity contribution in [3.05, 3.63) is 21.9 Å². The first-order chi connectivity index (χ1) is 6.79. The molecule has 1 aromatic heterocycles. The summed E-state index contributed by atoms with van der Waals surface area (Å²) < 4.78 is 5.48. The standard InChI is InChI=1S/C10H18N2OS/c1-3-5-13-7-10(12-11)9-4-6-14-8(9)2/h4,6,10,12H,3,5,7,11H2,1-2H3. The summed E-state index contributed by atoms with van der Waals surface area (Å²) in [6.45, 7) is 5.63. The molecule has 80 valence electrons. The Hall–Kier alpha value is -0.420. The molecular formula is C10H18N2OS. The Morgan fingerprint density at radius 2 is 2.43 bits per heavy atom. The maximum atomic E-state index is 5.49. The minimum Gasteiger partial charge on any atom is -0.379 e. The summed E-state index contributed by atoms with van der Waals surface area (Å²) in [5, 5.41) is 2.08. The molecule has 1 atom stereocenters. The summed E-state index contributed by atoms with van der Waals surface area (Å²) in [5.74, 6) is 5.49. The molecule has 0 aromatic carbocycles. The third kappa shape index (κ3) is 3.06. The van der Waals surface area contributed by atoms with Crippen molar-refractivity contribution in [3.8, 4) is 0 Å². The number of nitrogens with two attached hydrogens (primary N) is 1. The second kappa shape index (κ2) is 6.14. The minimum atomic E-state index is 0.118. The minimum absolute atomic E-state index is 0.118. The number of nitrogens with one attached hydrogen (secondary N) is 1. The van der Waals surface area contributed by atoms with Crippen LogP contribution >= 0.6 is 11.3 Å². The van der Waals surface area contributed by atoms with Crippen molar-refractivity contribution in [1.29, 1.82) is 0 Å². The molecule has 1 aromatic rings. The van der Waals surface area contributed by atoms with Crippen LogP contribution in [0.15, 0.2) is 11.4 Å². The first-order valence-corrected chi connectivity index (χ1v) is 5.75. The number of hydrogen-bond donors (Lipinski definition) is 2. The maximum Gasteiger partial charge on any atom is 0.0704 e. The van der Waals surface area contributed by atoms with E-state index >= 15 is 0 Å². The van der Waals surface area contributed by atoms with Crippen molar-refractivity contribution in [2.75, 3.05) is 13.2 Å². The van der Waals surface area contributed by atoms with Gasteiger partial charge < -0.3 is 4.74 Å². The van der Waals surface area contributed by atoms with E-state index in [4.69, 9.17) is 10.6 Å². The van der Waals surface area contributed by atoms with Gasteiger partial charge >= 0.3 is 0 Å². The first-order valence-electron chi connectivity index (χ1n) is 4.87. The second-order valence-electron chi connectivity index (χ2n) is 3.23. The van der Waals surface area contributed by atoms with Gasteiger partial charge in [0.05, 0.1) is 12.6 Å². The van der Waals surface area contributed by atoms with Crippen molar-refractivity contribution in [3.63, 3.8) is 0 Å². The molecule has 1 heterocycles. The van der Waals surface area contributed by atoms with Crippen LogP contribution < -0.4 is 11.3 Å². The third-order valence-electron chi connectivity index (χ3n) is 2.11. The van der Waals surface area contributed by atoms with Crippen molar-refractivity contribution in [2.45, 2.75) is 26.3 Å². The Morgan fingerprint density at radius 3 is 2.93 bits per heavy atom. The summed E-state index contributed by atoms with van der Waals surface area (Å²) in [4.78, 5) is 1.30. The largest absolute Gasteiger partial charge is 0.379 e. The van der Waals surface area contributed by atoms with Gasteiger partial charge in [0, 0.05) is 11.5 Å². The van der Waals surface area contributed by atoms with Gasteiger partial charge in [-0.2, -0.15) is 0 Å². The van der Waals surface area contributed by atoms with Crippen molar-refractivity contribution < 1.29 is 4.74 Å². The number of hydrazine groups is 1. The van der Waals surface area contributed by atoms with Gasteiger partial charge in [0.2, 0.25) is 0 Å². The van der Waals surface area contributed by atoms with E-state index in [2.05, 4.69) is 30.7 Å². The Kier molecular flexibility index (Phi) is 5.11. The Balaban J connectivity index is 2.50. The highest BCUT2D eigenvalue weighted by Crippen LogP contribution is 2.22. The molecule has 0 amide bonds. The van der Waals surface area contributed by atoms with E-state index in [1.807, 2.05) is 0 Å². The zero-order chi connectivity index (χ0) is 10.4. The zero-order valence-corrected chi connectivity index (χ0v) is 9.56. The van der Waals surface area contributed by atoms with Gasteiger partial charge in [0.15, 0.2) is 0 Å². The highest BCUT2D eigenvalue weighted by Gasteiger charge is 2.12. The Morgan fingerprint density at radius 1 is 1.64 bits per heavy atom. The van der Waals surface area contributed by atoms with E-state index < -0.39 is 0 Å². The Bertz CT molecular complexity index is 262. The van der Waals surface area contributed by atoms with E-state index in [9.17, 15) is 0 Å². The molecule has 4 heteroatoms. The predicted molar refractivity (Wildman–Crippen MR) is 60.2 cm³/mol. The van der Waals surface area contributed by atoms with Crippen LogP contribution in [-0.2, 0) is 4.74 Å². The smallest absolute Gasteiger partial charge is 0.0704 e. The molecule has 0 spiro atoms. The van der Waals surface area contributed by atoms with E-state index in [0.717, 1.165) is 13.0 Å². The molecule has 0 aliphatic rings. The highest BCUT2D eigenvalue weighted by molar-refractivity contribution is 7.10. The zero-order valence-electron chi connectivity index (χ0n) is 8.75. The van der Waals surface area contributed by atoms with Crippen LogP contribution in [0.3, 0.4) is 0 Å². The van der Waals surface area contributed by atoms with Crippen LogP contribution in [0.4, 0.5) is 0 Å². The summed E-state index contributed by atoms with van der Waals surface area (Å²) in [6, 6.07) is 2.22. The lowest BCUT2D eigenvalue weighted by Gasteiger charge is -2.15. The van der Waals surface area contributed by atoms with Crippen LogP contribution in [0.25, 0.3) is 0 Å². The SMILES string of the molecule is CCCOCC(NN)c1ccsc1C. The fourth-order valence-electron chi connectivity index (χ4n) is 1.33. The maximum absolute atomic E-state index is 5.49. The van der Waals surface area contributed by atoms with E-state index in [1.54, 1.807) is 11.3 Å². The molecule has 0 bridgehead atoms. The number of thiophene rings is 1. The van der Waals surface area contributed by atoms with Gasteiger partial charge in [-0.15, -0.1) is 11.3 Å². The van der Waals surface area contributed by atoms with Gasteiger partial charge in [-0.05, 0) is 30.4 Å². The summed E-state index contributed by atoms with van der Waals surface area (Å²) in [7, 11) is 0. The Labute approximate surface area is 89.2 Å². The number of hydrogen-bond acceptors (Lipinski definition) is 4. The molecule has 14 heavy (non-hydrogen) atoms. The second-order valence-corrected chi connectivity index (χ2v) is 4.35. The van der Waals surface area contributed by atoms with Gasteiger partial charge in [0.1, 0.15) is 0 Å². The van der Waals surface area contributed by atoms with Gasteiger partial charge in [-0.25, -0.2) is 0 Å². The van der Waals surface area contributed by atoms with E-state index in [0.29, 0.717) is 6.61 Å². The quantitative estimate of drug-likeness (QED) is 0.432.